The predicted molar refractivity (Wildman–Crippen MR) is 120 cm³/mol. The number of amides is 1. The Bertz CT molecular complexity index is 1260. The van der Waals surface area contributed by atoms with Gasteiger partial charge in [-0.1, -0.05) is 66.7 Å². The van der Waals surface area contributed by atoms with E-state index in [1.54, 1.807) is 29.2 Å². The van der Waals surface area contributed by atoms with E-state index in [4.69, 9.17) is 0 Å². The summed E-state index contributed by atoms with van der Waals surface area (Å²) < 4.78 is 1.78. The topological polar surface area (TPSA) is 64.0 Å². The summed E-state index contributed by atoms with van der Waals surface area (Å²) in [4.78, 5) is 25.4. The van der Waals surface area contributed by atoms with Gasteiger partial charge in [-0.25, -0.2) is 0 Å². The Morgan fingerprint density at radius 2 is 1.84 bits per heavy atom. The molecule has 2 aliphatic carbocycles. The maximum Gasteiger partial charge on any atom is 0.255 e. The minimum atomic E-state index is -0.236. The summed E-state index contributed by atoms with van der Waals surface area (Å²) in [5.41, 5.74) is 6.21. The highest BCUT2D eigenvalue weighted by atomic mass is 16.2. The second-order valence-corrected chi connectivity index (χ2v) is 7.76. The van der Waals surface area contributed by atoms with Gasteiger partial charge in [0, 0.05) is 23.8 Å². The average Bonchev–Trinajstić information content (AvgIpc) is 3.41. The van der Waals surface area contributed by atoms with Crippen molar-refractivity contribution in [3.8, 4) is 0 Å². The SMILES string of the molecule is O=C1CC=C(C(=O)Nc2cnn(Cc3ccccc3)c2)C=C1C1=Cc2ccccc2C1. The van der Waals surface area contributed by atoms with Gasteiger partial charge in [0.25, 0.3) is 5.91 Å². The Balaban J connectivity index is 1.29. The molecule has 0 aliphatic heterocycles. The van der Waals surface area contributed by atoms with Crippen LogP contribution in [0.3, 0.4) is 0 Å². The molecule has 31 heavy (non-hydrogen) atoms. The highest BCUT2D eigenvalue weighted by molar-refractivity contribution is 6.12. The van der Waals surface area contributed by atoms with Gasteiger partial charge in [-0.05, 0) is 34.8 Å². The van der Waals surface area contributed by atoms with E-state index in [-0.39, 0.29) is 18.1 Å². The zero-order chi connectivity index (χ0) is 21.2. The molecule has 5 nitrogen and oxygen atoms in total. The molecule has 0 unspecified atom stereocenters. The van der Waals surface area contributed by atoms with Crippen LogP contribution in [0.2, 0.25) is 0 Å². The quantitative estimate of drug-likeness (QED) is 0.685. The van der Waals surface area contributed by atoms with Crippen molar-refractivity contribution in [2.45, 2.75) is 19.4 Å². The minimum absolute atomic E-state index is 0.0475. The molecular weight excluding hydrogens is 386 g/mol. The molecule has 3 aromatic rings. The zero-order valence-electron chi connectivity index (χ0n) is 16.9. The molecule has 0 radical (unpaired) electrons. The van der Waals surface area contributed by atoms with Crippen LogP contribution in [0.4, 0.5) is 5.69 Å². The molecular formula is C26H21N3O2. The van der Waals surface area contributed by atoms with Crippen LogP contribution in [0.25, 0.3) is 6.08 Å². The van der Waals surface area contributed by atoms with Gasteiger partial charge < -0.3 is 5.32 Å². The fourth-order valence-electron chi connectivity index (χ4n) is 3.98. The lowest BCUT2D eigenvalue weighted by molar-refractivity contribution is -0.114. The number of aromatic nitrogens is 2. The number of anilines is 1. The first kappa shape index (κ1) is 19.0. The minimum Gasteiger partial charge on any atom is -0.319 e. The Morgan fingerprint density at radius 3 is 2.68 bits per heavy atom. The molecule has 1 amide bonds. The molecule has 5 heteroatoms. The van der Waals surface area contributed by atoms with Gasteiger partial charge in [0.1, 0.15) is 0 Å². The molecule has 2 aliphatic rings. The predicted octanol–water partition coefficient (Wildman–Crippen LogP) is 4.34. The van der Waals surface area contributed by atoms with Crippen LogP contribution in [0.1, 0.15) is 23.1 Å². The number of fused-ring (bicyclic) bond motifs is 1. The van der Waals surface area contributed by atoms with Crippen LogP contribution in [-0.2, 0) is 22.6 Å². The highest BCUT2D eigenvalue weighted by Crippen LogP contribution is 2.32. The Labute approximate surface area is 180 Å². The van der Waals surface area contributed by atoms with E-state index in [0.29, 0.717) is 23.4 Å². The largest absolute Gasteiger partial charge is 0.319 e. The van der Waals surface area contributed by atoms with Gasteiger partial charge in [-0.3, -0.25) is 14.3 Å². The summed E-state index contributed by atoms with van der Waals surface area (Å²) in [6.45, 7) is 0.632. The van der Waals surface area contributed by atoms with E-state index < -0.39 is 0 Å². The van der Waals surface area contributed by atoms with E-state index >= 15 is 0 Å². The third-order valence-electron chi connectivity index (χ3n) is 5.56. The smallest absolute Gasteiger partial charge is 0.255 e. The molecule has 0 saturated heterocycles. The fourth-order valence-corrected chi connectivity index (χ4v) is 3.98. The monoisotopic (exact) mass is 407 g/mol. The van der Waals surface area contributed by atoms with Gasteiger partial charge in [0.05, 0.1) is 18.4 Å². The number of benzene rings is 2. The maximum atomic E-state index is 12.8. The summed E-state index contributed by atoms with van der Waals surface area (Å²) in [7, 11) is 0. The number of carbonyl (C=O) groups excluding carboxylic acids is 2. The number of allylic oxidation sites excluding steroid dienone is 3. The molecule has 0 bridgehead atoms. The molecule has 0 saturated carbocycles. The average molecular weight is 407 g/mol. The summed E-state index contributed by atoms with van der Waals surface area (Å²) in [6, 6.07) is 18.1. The van der Waals surface area contributed by atoms with Crippen molar-refractivity contribution in [1.29, 1.82) is 0 Å². The first-order valence-electron chi connectivity index (χ1n) is 10.3. The molecule has 5 rings (SSSR count). The summed E-state index contributed by atoms with van der Waals surface area (Å²) in [5.74, 6) is -0.188. The number of carbonyl (C=O) groups is 2. The van der Waals surface area contributed by atoms with Crippen molar-refractivity contribution in [2.24, 2.45) is 0 Å². The standard InChI is InChI=1S/C26H21N3O2/c30-25-11-10-21(14-24(25)22-12-19-8-4-5-9-20(19)13-22)26(31)28-23-15-27-29(17-23)16-18-6-2-1-3-7-18/h1-10,12,14-15,17H,11,13,16H2,(H,28,31). The summed E-state index contributed by atoms with van der Waals surface area (Å²) >= 11 is 0. The van der Waals surface area contributed by atoms with Crippen molar-refractivity contribution >= 4 is 23.5 Å². The van der Waals surface area contributed by atoms with Crippen LogP contribution in [0.15, 0.2) is 95.9 Å². The Morgan fingerprint density at radius 1 is 1.03 bits per heavy atom. The molecule has 2 aromatic carbocycles. The van der Waals surface area contributed by atoms with Crippen molar-refractivity contribution in [1.82, 2.24) is 9.78 Å². The van der Waals surface area contributed by atoms with Crippen molar-refractivity contribution < 1.29 is 9.59 Å². The van der Waals surface area contributed by atoms with E-state index in [9.17, 15) is 9.59 Å². The van der Waals surface area contributed by atoms with Gasteiger partial charge in [0.2, 0.25) is 0 Å². The number of rotatable bonds is 5. The molecule has 0 fully saturated rings. The number of hydrogen-bond donors (Lipinski definition) is 1. The van der Waals surface area contributed by atoms with Gasteiger partial charge in [-0.2, -0.15) is 5.10 Å². The summed E-state index contributed by atoms with van der Waals surface area (Å²) in [6.07, 6.45) is 9.85. The first-order chi connectivity index (χ1) is 15.2. The van der Waals surface area contributed by atoms with Gasteiger partial charge in [-0.15, -0.1) is 0 Å². The van der Waals surface area contributed by atoms with E-state index in [2.05, 4.69) is 16.5 Å². The van der Waals surface area contributed by atoms with Gasteiger partial charge in [0.15, 0.2) is 5.78 Å². The van der Waals surface area contributed by atoms with E-state index in [0.717, 1.165) is 23.1 Å². The normalized spacial score (nSPS) is 15.1. The van der Waals surface area contributed by atoms with Crippen molar-refractivity contribution in [3.63, 3.8) is 0 Å². The third kappa shape index (κ3) is 4.03. The van der Waals surface area contributed by atoms with Crippen LogP contribution < -0.4 is 5.32 Å². The van der Waals surface area contributed by atoms with Crippen LogP contribution in [0.5, 0.6) is 0 Å². The summed E-state index contributed by atoms with van der Waals surface area (Å²) in [5, 5.41) is 7.22. The highest BCUT2D eigenvalue weighted by Gasteiger charge is 2.24. The zero-order valence-corrected chi connectivity index (χ0v) is 16.9. The number of nitrogens with zero attached hydrogens (tertiary/aromatic N) is 2. The third-order valence-corrected chi connectivity index (χ3v) is 5.56. The molecule has 0 atom stereocenters. The second-order valence-electron chi connectivity index (χ2n) is 7.76. The Kier molecular flexibility index (Phi) is 4.92. The second kappa shape index (κ2) is 8.03. The van der Waals surface area contributed by atoms with Crippen LogP contribution >= 0.6 is 0 Å². The Hall–Kier alpha value is -3.99. The number of ketones is 1. The van der Waals surface area contributed by atoms with E-state index in [1.807, 2.05) is 54.6 Å². The lowest BCUT2D eigenvalue weighted by atomic mass is 9.91. The number of Topliss-reactive ketones (excluding diaryl/α,β-unsaturated/α-hetero) is 1. The van der Waals surface area contributed by atoms with E-state index in [1.165, 1.54) is 5.56 Å². The van der Waals surface area contributed by atoms with Gasteiger partial charge >= 0.3 is 0 Å². The molecule has 0 spiro atoms. The lowest BCUT2D eigenvalue weighted by Crippen LogP contribution is -2.18. The fraction of sp³-hybridized carbons (Fsp3) is 0.115. The molecule has 1 N–H and O–H groups in total. The van der Waals surface area contributed by atoms with Crippen molar-refractivity contribution in [3.05, 3.63) is 113 Å². The van der Waals surface area contributed by atoms with Crippen LogP contribution in [-0.4, -0.2) is 21.5 Å². The number of hydrogen-bond acceptors (Lipinski definition) is 3. The van der Waals surface area contributed by atoms with Crippen molar-refractivity contribution in [2.75, 3.05) is 5.32 Å². The molecule has 152 valence electrons. The lowest BCUT2D eigenvalue weighted by Gasteiger charge is -2.14. The first-order valence-corrected chi connectivity index (χ1v) is 10.3. The number of nitrogens with one attached hydrogen (secondary N) is 1. The molecule has 1 heterocycles. The van der Waals surface area contributed by atoms with Crippen LogP contribution in [0, 0.1) is 0 Å². The molecule has 1 aromatic heterocycles. The maximum absolute atomic E-state index is 12.8.